The van der Waals surface area contributed by atoms with Gasteiger partial charge in [0.15, 0.2) is 0 Å². The van der Waals surface area contributed by atoms with Crippen molar-refractivity contribution in [1.82, 2.24) is 0 Å². The van der Waals surface area contributed by atoms with Crippen molar-refractivity contribution >= 4 is 5.83 Å². The van der Waals surface area contributed by atoms with E-state index in [9.17, 15) is 22.0 Å². The quantitative estimate of drug-likeness (QED) is 0.421. The first-order valence-electron chi connectivity index (χ1n) is 8.15. The van der Waals surface area contributed by atoms with E-state index in [2.05, 4.69) is 0 Å². The van der Waals surface area contributed by atoms with Crippen LogP contribution in [0, 0.1) is 12.7 Å². The minimum absolute atomic E-state index is 0.215. The first-order chi connectivity index (χ1) is 12.7. The van der Waals surface area contributed by atoms with Crippen LogP contribution in [0.1, 0.15) is 11.1 Å². The third-order valence-corrected chi connectivity index (χ3v) is 4.12. The lowest BCUT2D eigenvalue weighted by Gasteiger charge is -2.08. The number of hydrogen-bond acceptors (Lipinski definition) is 0. The van der Waals surface area contributed by atoms with Gasteiger partial charge in [-0.1, -0.05) is 66.2 Å². The van der Waals surface area contributed by atoms with Crippen molar-refractivity contribution in [2.75, 3.05) is 0 Å². The number of aryl methyl sites for hydroxylation is 1. The molecule has 0 N–H and O–H groups in total. The second-order valence-corrected chi connectivity index (χ2v) is 6.17. The second kappa shape index (κ2) is 7.35. The molecule has 0 atom stereocenters. The fourth-order valence-electron chi connectivity index (χ4n) is 2.71. The summed E-state index contributed by atoms with van der Waals surface area (Å²) >= 11 is 0. The summed E-state index contributed by atoms with van der Waals surface area (Å²) in [5.41, 5.74) is 3.22. The van der Waals surface area contributed by atoms with E-state index in [0.717, 1.165) is 11.1 Å². The minimum Gasteiger partial charge on any atom is -0.206 e. The third-order valence-electron chi connectivity index (χ3n) is 4.12. The lowest BCUT2D eigenvalue weighted by atomic mass is 9.98. The van der Waals surface area contributed by atoms with Crippen LogP contribution in [0.25, 0.3) is 28.1 Å². The molecule has 138 valence electrons. The molecule has 5 heteroatoms. The third kappa shape index (κ3) is 4.61. The molecule has 0 aliphatic rings. The van der Waals surface area contributed by atoms with Crippen molar-refractivity contribution in [1.29, 1.82) is 0 Å². The number of rotatable bonds is 3. The Morgan fingerprint density at radius 2 is 1.33 bits per heavy atom. The van der Waals surface area contributed by atoms with Crippen LogP contribution in [0.4, 0.5) is 22.0 Å². The van der Waals surface area contributed by atoms with Crippen molar-refractivity contribution < 1.29 is 22.0 Å². The molecule has 0 amide bonds. The van der Waals surface area contributed by atoms with Crippen LogP contribution >= 0.6 is 0 Å². The summed E-state index contributed by atoms with van der Waals surface area (Å²) < 4.78 is 64.8. The van der Waals surface area contributed by atoms with E-state index in [1.54, 1.807) is 12.1 Å². The molecule has 0 aliphatic carbocycles. The van der Waals surface area contributed by atoms with Crippen molar-refractivity contribution in [2.45, 2.75) is 13.1 Å². The summed E-state index contributed by atoms with van der Waals surface area (Å²) in [7, 11) is 0. The van der Waals surface area contributed by atoms with Crippen LogP contribution in [-0.2, 0) is 0 Å². The topological polar surface area (TPSA) is 0 Å². The smallest absolute Gasteiger partial charge is 0.206 e. The molecule has 0 spiro atoms. The van der Waals surface area contributed by atoms with Crippen LogP contribution < -0.4 is 0 Å². The van der Waals surface area contributed by atoms with Crippen molar-refractivity contribution in [3.8, 4) is 22.3 Å². The van der Waals surface area contributed by atoms with Gasteiger partial charge in [-0.05, 0) is 29.7 Å². The standard InChI is InChI=1S/C22H15F5/c1-14-2-4-15(5-3-14)18-10-11-19(20(23)12-18)16-6-8-17(9-7-16)21(24)13-22(25,26)27/h2-13H,1H3/b21-13-. The predicted molar refractivity (Wildman–Crippen MR) is 97.1 cm³/mol. The van der Waals surface area contributed by atoms with Crippen molar-refractivity contribution in [3.05, 3.63) is 89.8 Å². The molecular weight excluding hydrogens is 359 g/mol. The Bertz CT molecular complexity index is 965. The van der Waals surface area contributed by atoms with Crippen molar-refractivity contribution in [2.24, 2.45) is 0 Å². The van der Waals surface area contributed by atoms with Gasteiger partial charge in [-0.15, -0.1) is 0 Å². The number of allylic oxidation sites excluding steroid dienone is 1. The molecule has 0 nitrogen and oxygen atoms in total. The molecule has 0 bridgehead atoms. The molecule has 0 radical (unpaired) electrons. The summed E-state index contributed by atoms with van der Waals surface area (Å²) in [5.74, 6) is -1.85. The fourth-order valence-corrected chi connectivity index (χ4v) is 2.71. The van der Waals surface area contributed by atoms with Gasteiger partial charge in [0.05, 0.1) is 6.08 Å². The minimum atomic E-state index is -4.74. The molecule has 27 heavy (non-hydrogen) atoms. The Kier molecular flexibility index (Phi) is 5.13. The monoisotopic (exact) mass is 374 g/mol. The van der Waals surface area contributed by atoms with Gasteiger partial charge in [-0.25, -0.2) is 8.78 Å². The zero-order valence-electron chi connectivity index (χ0n) is 14.3. The van der Waals surface area contributed by atoms with Gasteiger partial charge < -0.3 is 0 Å². The number of halogens is 5. The highest BCUT2D eigenvalue weighted by atomic mass is 19.4. The normalized spacial score (nSPS) is 12.3. The molecule has 3 aromatic rings. The van der Waals surface area contributed by atoms with Crippen LogP contribution in [0.3, 0.4) is 0 Å². The number of hydrogen-bond donors (Lipinski definition) is 0. The van der Waals surface area contributed by atoms with Gasteiger partial charge >= 0.3 is 6.18 Å². The van der Waals surface area contributed by atoms with Gasteiger partial charge in [-0.2, -0.15) is 13.2 Å². The van der Waals surface area contributed by atoms with Crippen LogP contribution in [-0.4, -0.2) is 6.18 Å². The van der Waals surface area contributed by atoms with Crippen LogP contribution in [0.2, 0.25) is 0 Å². The predicted octanol–water partition coefficient (Wildman–Crippen LogP) is 7.34. The molecule has 0 aromatic heterocycles. The molecule has 0 saturated heterocycles. The summed E-state index contributed by atoms with van der Waals surface area (Å²) in [6, 6.07) is 17.6. The highest BCUT2D eigenvalue weighted by Crippen LogP contribution is 2.30. The van der Waals surface area contributed by atoms with Gasteiger partial charge in [0.25, 0.3) is 0 Å². The molecule has 0 aliphatic heterocycles. The van der Waals surface area contributed by atoms with Gasteiger partial charge in [0.2, 0.25) is 0 Å². The SMILES string of the molecule is Cc1ccc(-c2ccc(-c3ccc(/C(F)=C/C(F)(F)F)cc3)c(F)c2)cc1. The average molecular weight is 374 g/mol. The van der Waals surface area contributed by atoms with Gasteiger partial charge in [0.1, 0.15) is 11.6 Å². The Balaban J connectivity index is 1.89. The van der Waals surface area contributed by atoms with E-state index in [1.807, 2.05) is 31.2 Å². The van der Waals surface area contributed by atoms with Gasteiger partial charge in [-0.3, -0.25) is 0 Å². The molecule has 0 heterocycles. The van der Waals surface area contributed by atoms with E-state index in [4.69, 9.17) is 0 Å². The van der Waals surface area contributed by atoms with E-state index in [-0.39, 0.29) is 11.1 Å². The lowest BCUT2D eigenvalue weighted by Crippen LogP contribution is -2.01. The summed E-state index contributed by atoms with van der Waals surface area (Å²) in [5, 5.41) is 0. The maximum atomic E-state index is 14.5. The highest BCUT2D eigenvalue weighted by molar-refractivity contribution is 5.72. The Hall–Kier alpha value is -2.95. The largest absolute Gasteiger partial charge is 0.412 e. The molecule has 0 saturated carbocycles. The van der Waals surface area contributed by atoms with E-state index >= 15 is 0 Å². The molecule has 3 rings (SSSR count). The number of benzene rings is 3. The number of alkyl halides is 3. The summed E-state index contributed by atoms with van der Waals surface area (Å²) in [6.07, 6.45) is -5.14. The van der Waals surface area contributed by atoms with Crippen molar-refractivity contribution in [3.63, 3.8) is 0 Å². The molecule has 0 unspecified atom stereocenters. The van der Waals surface area contributed by atoms with Crippen LogP contribution in [0.5, 0.6) is 0 Å². The highest BCUT2D eigenvalue weighted by Gasteiger charge is 2.25. The van der Waals surface area contributed by atoms with Gasteiger partial charge in [0, 0.05) is 11.1 Å². The van der Waals surface area contributed by atoms with E-state index in [0.29, 0.717) is 11.1 Å². The Labute approximate surface area is 153 Å². The fraction of sp³-hybridized carbons (Fsp3) is 0.0909. The lowest BCUT2D eigenvalue weighted by molar-refractivity contribution is -0.0798. The maximum absolute atomic E-state index is 14.5. The summed E-state index contributed by atoms with van der Waals surface area (Å²) in [4.78, 5) is 0. The zero-order valence-corrected chi connectivity index (χ0v) is 14.3. The Morgan fingerprint density at radius 3 is 1.89 bits per heavy atom. The zero-order chi connectivity index (χ0) is 19.6. The van der Waals surface area contributed by atoms with E-state index < -0.39 is 23.9 Å². The first kappa shape index (κ1) is 18.8. The molecular formula is C22H15F5. The first-order valence-corrected chi connectivity index (χ1v) is 8.15. The van der Waals surface area contributed by atoms with E-state index in [1.165, 1.54) is 30.3 Å². The Morgan fingerprint density at radius 1 is 0.778 bits per heavy atom. The summed E-state index contributed by atoms with van der Waals surface area (Å²) in [6.45, 7) is 1.96. The average Bonchev–Trinajstić information content (AvgIpc) is 2.61. The molecule has 0 fully saturated rings. The maximum Gasteiger partial charge on any atom is 0.412 e. The van der Waals surface area contributed by atoms with Crippen LogP contribution in [0.15, 0.2) is 72.8 Å². The molecule has 3 aromatic carbocycles. The second-order valence-electron chi connectivity index (χ2n) is 6.17.